The quantitative estimate of drug-likeness (QED) is 0.760. The summed E-state index contributed by atoms with van der Waals surface area (Å²) in [5, 5.41) is 6.32. The Morgan fingerprint density at radius 2 is 2.00 bits per heavy atom. The first kappa shape index (κ1) is 19.6. The van der Waals surface area contributed by atoms with E-state index >= 15 is 0 Å². The fourth-order valence-corrected chi connectivity index (χ4v) is 3.38. The first-order valence-electron chi connectivity index (χ1n) is 9.74. The summed E-state index contributed by atoms with van der Waals surface area (Å²) in [6.07, 6.45) is 3.68. The van der Waals surface area contributed by atoms with Crippen LogP contribution in [0.5, 0.6) is 0 Å². The largest absolute Gasteiger partial charge is 0.349 e. The van der Waals surface area contributed by atoms with Crippen LogP contribution < -0.4 is 16.2 Å². The highest BCUT2D eigenvalue weighted by Gasteiger charge is 2.38. The summed E-state index contributed by atoms with van der Waals surface area (Å²) in [5.74, 6) is 0.215. The average molecular weight is 415 g/mol. The lowest BCUT2D eigenvalue weighted by atomic mass is 10.1. The highest BCUT2D eigenvalue weighted by atomic mass is 35.5. The third kappa shape index (κ3) is 4.50. The van der Waals surface area contributed by atoms with Gasteiger partial charge in [-0.05, 0) is 57.7 Å². The van der Waals surface area contributed by atoms with E-state index in [2.05, 4.69) is 15.6 Å². The molecule has 2 aromatic rings. The number of anilines is 1. The van der Waals surface area contributed by atoms with Gasteiger partial charge in [0.25, 0.3) is 5.56 Å². The molecule has 2 amide bonds. The van der Waals surface area contributed by atoms with Gasteiger partial charge in [0.05, 0.1) is 11.4 Å². The molecule has 0 spiro atoms. The SMILES string of the molecule is Cc1nc(-c2ccc(Cl)cc2NC(=O)C2CC2)cc(=O)n1CC(=O)NC1(C)CC1. The lowest BCUT2D eigenvalue weighted by Gasteiger charge is -2.15. The van der Waals surface area contributed by atoms with Crippen LogP contribution >= 0.6 is 11.6 Å². The van der Waals surface area contributed by atoms with Crippen molar-refractivity contribution in [3.63, 3.8) is 0 Å². The minimum atomic E-state index is -0.321. The van der Waals surface area contributed by atoms with Crippen molar-refractivity contribution in [2.24, 2.45) is 5.92 Å². The molecule has 2 aliphatic carbocycles. The van der Waals surface area contributed by atoms with Gasteiger partial charge >= 0.3 is 0 Å². The van der Waals surface area contributed by atoms with Crippen molar-refractivity contribution in [3.8, 4) is 11.3 Å². The number of hydrogen-bond acceptors (Lipinski definition) is 4. The zero-order valence-corrected chi connectivity index (χ0v) is 17.2. The Morgan fingerprint density at radius 3 is 2.62 bits per heavy atom. The van der Waals surface area contributed by atoms with Gasteiger partial charge in [-0.15, -0.1) is 0 Å². The van der Waals surface area contributed by atoms with Gasteiger partial charge in [-0.3, -0.25) is 19.0 Å². The Morgan fingerprint density at radius 1 is 1.28 bits per heavy atom. The van der Waals surface area contributed by atoms with Crippen LogP contribution in [0.15, 0.2) is 29.1 Å². The molecule has 29 heavy (non-hydrogen) atoms. The number of aromatic nitrogens is 2. The average Bonchev–Trinajstić information content (AvgIpc) is 3.55. The van der Waals surface area contributed by atoms with Gasteiger partial charge in [0.1, 0.15) is 12.4 Å². The molecule has 0 aliphatic heterocycles. The normalized spacial score (nSPS) is 16.9. The summed E-state index contributed by atoms with van der Waals surface area (Å²) in [7, 11) is 0. The van der Waals surface area contributed by atoms with Crippen LogP contribution in [-0.2, 0) is 16.1 Å². The minimum absolute atomic E-state index is 0.0383. The number of nitrogens with zero attached hydrogens (tertiary/aromatic N) is 2. The molecule has 1 heterocycles. The Bertz CT molecular complexity index is 1050. The summed E-state index contributed by atoms with van der Waals surface area (Å²) in [6.45, 7) is 3.61. The zero-order chi connectivity index (χ0) is 20.8. The lowest BCUT2D eigenvalue weighted by Crippen LogP contribution is -2.39. The van der Waals surface area contributed by atoms with Crippen LogP contribution in [0, 0.1) is 12.8 Å². The summed E-state index contributed by atoms with van der Waals surface area (Å²) >= 11 is 6.10. The molecule has 0 atom stereocenters. The van der Waals surface area contributed by atoms with Crippen molar-refractivity contribution >= 4 is 29.1 Å². The number of aryl methyl sites for hydroxylation is 1. The fraction of sp³-hybridized carbons (Fsp3) is 0.429. The molecular formula is C21H23ClN4O3. The number of rotatable bonds is 6. The molecule has 2 fully saturated rings. The second-order valence-corrected chi connectivity index (χ2v) is 8.61. The number of amides is 2. The Labute approximate surface area is 173 Å². The molecule has 0 saturated heterocycles. The third-order valence-corrected chi connectivity index (χ3v) is 5.64. The maximum absolute atomic E-state index is 12.7. The van der Waals surface area contributed by atoms with Gasteiger partial charge in [0.15, 0.2) is 0 Å². The predicted molar refractivity (Wildman–Crippen MR) is 111 cm³/mol. The number of halogens is 1. The van der Waals surface area contributed by atoms with Gasteiger partial charge in [-0.1, -0.05) is 11.6 Å². The molecule has 2 N–H and O–H groups in total. The highest BCUT2D eigenvalue weighted by molar-refractivity contribution is 6.31. The van der Waals surface area contributed by atoms with Crippen LogP contribution in [0.25, 0.3) is 11.3 Å². The van der Waals surface area contributed by atoms with E-state index in [0.717, 1.165) is 25.7 Å². The number of carbonyl (C=O) groups excluding carboxylic acids is 2. The van der Waals surface area contributed by atoms with Crippen LogP contribution in [0.2, 0.25) is 5.02 Å². The molecule has 7 nitrogen and oxygen atoms in total. The van der Waals surface area contributed by atoms with Crippen molar-refractivity contribution in [3.05, 3.63) is 45.5 Å². The maximum Gasteiger partial charge on any atom is 0.254 e. The maximum atomic E-state index is 12.7. The Balaban J connectivity index is 1.61. The Hall–Kier alpha value is -2.67. The van der Waals surface area contributed by atoms with Crippen molar-refractivity contribution in [1.82, 2.24) is 14.9 Å². The van der Waals surface area contributed by atoms with E-state index in [-0.39, 0.29) is 35.4 Å². The van der Waals surface area contributed by atoms with Crippen LogP contribution in [-0.4, -0.2) is 26.9 Å². The van der Waals surface area contributed by atoms with Crippen LogP contribution in [0.3, 0.4) is 0 Å². The number of nitrogens with one attached hydrogen (secondary N) is 2. The first-order chi connectivity index (χ1) is 13.7. The molecule has 1 aromatic carbocycles. The molecule has 2 aliphatic rings. The standard InChI is InChI=1S/C21H23ClN4O3/c1-12-23-17(10-19(28)26(12)11-18(27)25-21(2)7-8-21)15-6-5-14(22)9-16(15)24-20(29)13-3-4-13/h5-6,9-10,13H,3-4,7-8,11H2,1-2H3,(H,24,29)(H,25,27). The smallest absolute Gasteiger partial charge is 0.254 e. The molecular weight excluding hydrogens is 392 g/mol. The van der Waals surface area contributed by atoms with E-state index in [1.54, 1.807) is 25.1 Å². The van der Waals surface area contributed by atoms with Gasteiger partial charge in [0, 0.05) is 28.1 Å². The van der Waals surface area contributed by atoms with E-state index < -0.39 is 0 Å². The number of benzene rings is 1. The summed E-state index contributed by atoms with van der Waals surface area (Å²) < 4.78 is 1.35. The van der Waals surface area contributed by atoms with Crippen molar-refractivity contribution in [2.45, 2.75) is 51.6 Å². The molecule has 2 saturated carbocycles. The second-order valence-electron chi connectivity index (χ2n) is 8.18. The summed E-state index contributed by atoms with van der Waals surface area (Å²) in [5.41, 5.74) is 1.11. The van der Waals surface area contributed by atoms with E-state index in [1.807, 2.05) is 6.92 Å². The topological polar surface area (TPSA) is 93.1 Å². The van der Waals surface area contributed by atoms with Crippen molar-refractivity contribution < 1.29 is 9.59 Å². The van der Waals surface area contributed by atoms with Crippen molar-refractivity contribution in [1.29, 1.82) is 0 Å². The highest BCUT2D eigenvalue weighted by Crippen LogP contribution is 2.35. The van der Waals surface area contributed by atoms with Crippen molar-refractivity contribution in [2.75, 3.05) is 5.32 Å². The summed E-state index contributed by atoms with van der Waals surface area (Å²) in [4.78, 5) is 41.7. The predicted octanol–water partition coefficient (Wildman–Crippen LogP) is 2.89. The van der Waals surface area contributed by atoms with E-state index in [0.29, 0.717) is 27.8 Å². The third-order valence-electron chi connectivity index (χ3n) is 5.41. The second kappa shape index (κ2) is 7.30. The van der Waals surface area contributed by atoms with Crippen LogP contribution in [0.4, 0.5) is 5.69 Å². The van der Waals surface area contributed by atoms with E-state index in [1.165, 1.54) is 10.6 Å². The van der Waals surface area contributed by atoms with Crippen LogP contribution in [0.1, 0.15) is 38.4 Å². The number of hydrogen-bond donors (Lipinski definition) is 2. The van der Waals surface area contributed by atoms with Gasteiger partial charge in [-0.25, -0.2) is 4.98 Å². The molecule has 1 aromatic heterocycles. The van der Waals surface area contributed by atoms with Gasteiger partial charge < -0.3 is 10.6 Å². The molecule has 0 bridgehead atoms. The first-order valence-corrected chi connectivity index (χ1v) is 10.1. The molecule has 0 radical (unpaired) electrons. The minimum Gasteiger partial charge on any atom is -0.349 e. The molecule has 0 unspecified atom stereocenters. The lowest BCUT2D eigenvalue weighted by molar-refractivity contribution is -0.122. The molecule has 152 valence electrons. The van der Waals surface area contributed by atoms with Gasteiger partial charge in [-0.2, -0.15) is 0 Å². The van der Waals surface area contributed by atoms with Gasteiger partial charge in [0.2, 0.25) is 11.8 Å². The number of carbonyl (C=O) groups is 2. The van der Waals surface area contributed by atoms with E-state index in [4.69, 9.17) is 11.6 Å². The monoisotopic (exact) mass is 414 g/mol. The molecule has 4 rings (SSSR count). The van der Waals surface area contributed by atoms with E-state index in [9.17, 15) is 14.4 Å². The zero-order valence-electron chi connectivity index (χ0n) is 16.4. The molecule has 8 heteroatoms. The Kier molecular flexibility index (Phi) is 4.94. The summed E-state index contributed by atoms with van der Waals surface area (Å²) in [6, 6.07) is 6.46. The fourth-order valence-electron chi connectivity index (χ4n) is 3.21.